The molecule has 0 bridgehead atoms. The van der Waals surface area contributed by atoms with Crippen molar-refractivity contribution in [3.8, 4) is 0 Å². The van der Waals surface area contributed by atoms with Crippen LogP contribution >= 0.6 is 0 Å². The van der Waals surface area contributed by atoms with Crippen LogP contribution in [-0.4, -0.2) is 48.8 Å². The summed E-state index contributed by atoms with van der Waals surface area (Å²) < 4.78 is 0. The van der Waals surface area contributed by atoms with Gasteiger partial charge in [-0.1, -0.05) is 6.92 Å². The van der Waals surface area contributed by atoms with Gasteiger partial charge < -0.3 is 15.3 Å². The van der Waals surface area contributed by atoms with Crippen LogP contribution in [0.4, 0.5) is 0 Å². The van der Waals surface area contributed by atoms with Crippen LogP contribution in [0.25, 0.3) is 0 Å². The molecule has 2 rings (SSSR count). The highest BCUT2D eigenvalue weighted by Crippen LogP contribution is 2.31. The zero-order chi connectivity index (χ0) is 12.1. The lowest BCUT2D eigenvalue weighted by molar-refractivity contribution is 0.117. The van der Waals surface area contributed by atoms with Crippen molar-refractivity contribution in [3.63, 3.8) is 0 Å². The number of nitrogens with one attached hydrogen (secondary N) is 1. The van der Waals surface area contributed by atoms with Crippen molar-refractivity contribution in [3.05, 3.63) is 0 Å². The number of aliphatic hydroxyl groups is 1. The molecule has 17 heavy (non-hydrogen) atoms. The van der Waals surface area contributed by atoms with Crippen molar-refractivity contribution in [2.75, 3.05) is 32.8 Å². The van der Waals surface area contributed by atoms with E-state index in [0.717, 1.165) is 18.9 Å². The minimum atomic E-state index is 0.350. The molecule has 1 heterocycles. The molecule has 2 unspecified atom stereocenters. The molecule has 0 radical (unpaired) electrons. The summed E-state index contributed by atoms with van der Waals surface area (Å²) in [7, 11) is 0. The Morgan fingerprint density at radius 1 is 1.24 bits per heavy atom. The summed E-state index contributed by atoms with van der Waals surface area (Å²) in [6.07, 6.45) is 6.32. The second-order valence-electron chi connectivity index (χ2n) is 5.93. The van der Waals surface area contributed by atoms with E-state index in [0.29, 0.717) is 18.6 Å². The molecule has 0 aromatic rings. The molecule has 3 nitrogen and oxygen atoms in total. The molecule has 1 aliphatic carbocycles. The summed E-state index contributed by atoms with van der Waals surface area (Å²) in [5.41, 5.74) is 0. The molecule has 0 spiro atoms. The molecular formula is C14H28N2O. The number of aliphatic hydroxyl groups excluding tert-OH is 1. The number of hydrogen-bond acceptors (Lipinski definition) is 3. The molecule has 2 aliphatic rings. The summed E-state index contributed by atoms with van der Waals surface area (Å²) in [6, 6.07) is 0.652. The van der Waals surface area contributed by atoms with E-state index in [2.05, 4.69) is 17.1 Å². The van der Waals surface area contributed by atoms with Crippen LogP contribution in [0.3, 0.4) is 0 Å². The first kappa shape index (κ1) is 13.3. The Bertz CT molecular complexity index is 218. The van der Waals surface area contributed by atoms with Gasteiger partial charge in [0.2, 0.25) is 0 Å². The predicted octanol–water partition coefficient (Wildman–Crippen LogP) is 1.47. The highest BCUT2D eigenvalue weighted by molar-refractivity contribution is 4.86. The summed E-state index contributed by atoms with van der Waals surface area (Å²) in [6.45, 7) is 7.44. The SMILES string of the molecule is CCCNC1CC(CCO)CN(CC2CC2)C1. The smallest absolute Gasteiger partial charge is 0.0434 e. The quantitative estimate of drug-likeness (QED) is 0.707. The van der Waals surface area contributed by atoms with Gasteiger partial charge in [0.1, 0.15) is 0 Å². The standard InChI is InChI=1S/C14H28N2O/c1-2-6-15-14-8-13(5-7-17)10-16(11-14)9-12-3-4-12/h12-15,17H,2-11H2,1H3. The van der Waals surface area contributed by atoms with Crippen LogP contribution < -0.4 is 5.32 Å². The molecule has 2 N–H and O–H groups in total. The largest absolute Gasteiger partial charge is 0.396 e. The Labute approximate surface area is 106 Å². The van der Waals surface area contributed by atoms with Crippen LogP contribution in [0.1, 0.15) is 39.0 Å². The van der Waals surface area contributed by atoms with Gasteiger partial charge in [0.05, 0.1) is 0 Å². The van der Waals surface area contributed by atoms with Crippen LogP contribution in [0.5, 0.6) is 0 Å². The lowest BCUT2D eigenvalue weighted by Gasteiger charge is -2.38. The molecule has 1 saturated heterocycles. The van der Waals surface area contributed by atoms with Crippen LogP contribution in [0.2, 0.25) is 0 Å². The first-order valence-corrected chi connectivity index (χ1v) is 7.38. The third kappa shape index (κ3) is 4.57. The van der Waals surface area contributed by atoms with Crippen molar-refractivity contribution in [2.24, 2.45) is 11.8 Å². The number of hydrogen-bond donors (Lipinski definition) is 2. The third-order valence-corrected chi connectivity index (χ3v) is 4.05. The lowest BCUT2D eigenvalue weighted by atomic mass is 9.91. The van der Waals surface area contributed by atoms with E-state index in [1.165, 1.54) is 45.3 Å². The van der Waals surface area contributed by atoms with E-state index in [4.69, 9.17) is 5.11 Å². The molecule has 100 valence electrons. The summed E-state index contributed by atoms with van der Waals surface area (Å²) in [5.74, 6) is 1.68. The van der Waals surface area contributed by atoms with E-state index >= 15 is 0 Å². The maximum atomic E-state index is 9.12. The Morgan fingerprint density at radius 2 is 2.06 bits per heavy atom. The molecule has 1 aliphatic heterocycles. The first-order chi connectivity index (χ1) is 8.31. The minimum absolute atomic E-state index is 0.350. The molecule has 0 aromatic carbocycles. The van der Waals surface area contributed by atoms with E-state index < -0.39 is 0 Å². The highest BCUT2D eigenvalue weighted by Gasteiger charge is 2.30. The Hall–Kier alpha value is -0.120. The van der Waals surface area contributed by atoms with Crippen molar-refractivity contribution in [2.45, 2.75) is 45.1 Å². The fraction of sp³-hybridized carbons (Fsp3) is 1.00. The minimum Gasteiger partial charge on any atom is -0.396 e. The molecule has 0 amide bonds. The number of nitrogens with zero attached hydrogens (tertiary/aromatic N) is 1. The molecule has 2 fully saturated rings. The van der Waals surface area contributed by atoms with Crippen LogP contribution in [-0.2, 0) is 0 Å². The number of rotatable bonds is 7. The molecule has 0 aromatic heterocycles. The van der Waals surface area contributed by atoms with E-state index in [1.54, 1.807) is 0 Å². The van der Waals surface area contributed by atoms with Gasteiger partial charge in [-0.3, -0.25) is 0 Å². The van der Waals surface area contributed by atoms with Crippen molar-refractivity contribution < 1.29 is 5.11 Å². The molecular weight excluding hydrogens is 212 g/mol. The Balaban J connectivity index is 1.79. The lowest BCUT2D eigenvalue weighted by Crippen LogP contribution is -2.50. The van der Waals surface area contributed by atoms with Gasteiger partial charge in [-0.2, -0.15) is 0 Å². The molecule has 3 heteroatoms. The predicted molar refractivity (Wildman–Crippen MR) is 71.1 cm³/mol. The van der Waals surface area contributed by atoms with Gasteiger partial charge in [-0.25, -0.2) is 0 Å². The second-order valence-corrected chi connectivity index (χ2v) is 5.93. The van der Waals surface area contributed by atoms with Crippen LogP contribution in [0, 0.1) is 11.8 Å². The van der Waals surface area contributed by atoms with Gasteiger partial charge in [-0.05, 0) is 50.5 Å². The zero-order valence-electron chi connectivity index (χ0n) is 11.2. The normalized spacial score (nSPS) is 30.7. The average molecular weight is 240 g/mol. The van der Waals surface area contributed by atoms with Crippen molar-refractivity contribution in [1.29, 1.82) is 0 Å². The first-order valence-electron chi connectivity index (χ1n) is 7.38. The van der Waals surface area contributed by atoms with Gasteiger partial charge >= 0.3 is 0 Å². The molecule has 2 atom stereocenters. The maximum absolute atomic E-state index is 9.12. The monoisotopic (exact) mass is 240 g/mol. The summed E-state index contributed by atoms with van der Waals surface area (Å²) >= 11 is 0. The molecule has 1 saturated carbocycles. The average Bonchev–Trinajstić information content (AvgIpc) is 3.10. The fourth-order valence-electron chi connectivity index (χ4n) is 3.01. The van der Waals surface area contributed by atoms with Gasteiger partial charge in [-0.15, -0.1) is 0 Å². The third-order valence-electron chi connectivity index (χ3n) is 4.05. The highest BCUT2D eigenvalue weighted by atomic mass is 16.3. The second kappa shape index (κ2) is 6.72. The van der Waals surface area contributed by atoms with Gasteiger partial charge in [0.25, 0.3) is 0 Å². The van der Waals surface area contributed by atoms with Crippen molar-refractivity contribution >= 4 is 0 Å². The van der Waals surface area contributed by atoms with Gasteiger partial charge in [0, 0.05) is 32.3 Å². The topological polar surface area (TPSA) is 35.5 Å². The summed E-state index contributed by atoms with van der Waals surface area (Å²) in [4.78, 5) is 2.63. The van der Waals surface area contributed by atoms with E-state index in [1.807, 2.05) is 0 Å². The van der Waals surface area contributed by atoms with Gasteiger partial charge in [0.15, 0.2) is 0 Å². The van der Waals surface area contributed by atoms with E-state index in [9.17, 15) is 0 Å². The fourth-order valence-corrected chi connectivity index (χ4v) is 3.01. The van der Waals surface area contributed by atoms with Crippen LogP contribution in [0.15, 0.2) is 0 Å². The van der Waals surface area contributed by atoms with E-state index in [-0.39, 0.29) is 0 Å². The number of piperidine rings is 1. The Morgan fingerprint density at radius 3 is 2.71 bits per heavy atom. The van der Waals surface area contributed by atoms with Crippen molar-refractivity contribution in [1.82, 2.24) is 10.2 Å². The number of likely N-dealkylation sites (tertiary alicyclic amines) is 1. The maximum Gasteiger partial charge on any atom is 0.0434 e. The summed E-state index contributed by atoms with van der Waals surface area (Å²) in [5, 5.41) is 12.8. The Kier molecular flexibility index (Phi) is 5.26. The zero-order valence-corrected chi connectivity index (χ0v) is 11.2.